The van der Waals surface area contributed by atoms with E-state index in [1.807, 2.05) is 9.80 Å². The molecular formula is C25H32N2O2S. The Morgan fingerprint density at radius 1 is 1.13 bits per heavy atom. The van der Waals surface area contributed by atoms with E-state index in [1.165, 1.54) is 16.0 Å². The normalized spacial score (nSPS) is 19.0. The Bertz CT molecular complexity index is 883. The molecule has 2 heterocycles. The summed E-state index contributed by atoms with van der Waals surface area (Å²) in [6, 6.07) is 10.6. The average Bonchev–Trinajstić information content (AvgIpc) is 3.44. The van der Waals surface area contributed by atoms with Gasteiger partial charge in [0.2, 0.25) is 11.8 Å². The minimum atomic E-state index is -0.0573. The van der Waals surface area contributed by atoms with Crippen LogP contribution in [0.25, 0.3) is 0 Å². The van der Waals surface area contributed by atoms with E-state index < -0.39 is 0 Å². The van der Waals surface area contributed by atoms with E-state index >= 15 is 0 Å². The molecular weight excluding hydrogens is 392 g/mol. The van der Waals surface area contributed by atoms with Gasteiger partial charge < -0.3 is 9.80 Å². The van der Waals surface area contributed by atoms with Gasteiger partial charge in [-0.1, -0.05) is 49.6 Å². The number of hydrogen-bond donors (Lipinski definition) is 0. The first-order chi connectivity index (χ1) is 14.6. The molecule has 1 aromatic carbocycles. The summed E-state index contributed by atoms with van der Waals surface area (Å²) < 4.78 is 0. The predicted molar refractivity (Wildman–Crippen MR) is 122 cm³/mol. The van der Waals surface area contributed by atoms with Gasteiger partial charge in [0.05, 0.1) is 12.6 Å². The molecule has 30 heavy (non-hydrogen) atoms. The summed E-state index contributed by atoms with van der Waals surface area (Å²) in [4.78, 5) is 31.8. The number of thiophene rings is 1. The van der Waals surface area contributed by atoms with E-state index in [-0.39, 0.29) is 30.3 Å². The van der Waals surface area contributed by atoms with Crippen molar-refractivity contribution in [2.75, 3.05) is 19.6 Å². The van der Waals surface area contributed by atoms with Crippen LogP contribution in [0.4, 0.5) is 0 Å². The molecule has 0 saturated heterocycles. The zero-order valence-corrected chi connectivity index (χ0v) is 18.9. The summed E-state index contributed by atoms with van der Waals surface area (Å²) >= 11 is 1.78. The standard InChI is InChI=1S/C25H32N2O2S/c1-3-14-26(25(29)20-6-4-5-7-20)17-23(28)27-15-12-22-21(13-16-30-22)24(27)19-10-8-18(2)9-11-19/h8-11,13,16,20,24H,3-7,12,14-15,17H2,1-2H3/t24-/m1/s1. The van der Waals surface area contributed by atoms with Crippen molar-refractivity contribution in [3.8, 4) is 0 Å². The number of fused-ring (bicyclic) bond motifs is 1. The third-order valence-corrected chi connectivity index (χ3v) is 7.51. The lowest BCUT2D eigenvalue weighted by molar-refractivity contribution is -0.144. The van der Waals surface area contributed by atoms with Crippen molar-refractivity contribution in [3.05, 3.63) is 57.3 Å². The highest BCUT2D eigenvalue weighted by Crippen LogP contribution is 2.38. The molecule has 0 bridgehead atoms. The zero-order valence-electron chi connectivity index (χ0n) is 18.1. The second-order valence-corrected chi connectivity index (χ2v) is 9.69. The summed E-state index contributed by atoms with van der Waals surface area (Å²) in [6.07, 6.45) is 5.98. The van der Waals surface area contributed by atoms with Crippen molar-refractivity contribution in [3.63, 3.8) is 0 Å². The fourth-order valence-corrected chi connectivity index (χ4v) is 5.82. The number of benzene rings is 1. The molecule has 1 aliphatic heterocycles. The van der Waals surface area contributed by atoms with E-state index in [9.17, 15) is 9.59 Å². The van der Waals surface area contributed by atoms with Gasteiger partial charge in [-0.3, -0.25) is 9.59 Å². The summed E-state index contributed by atoms with van der Waals surface area (Å²) in [5.74, 6) is 0.363. The Balaban J connectivity index is 1.57. The van der Waals surface area contributed by atoms with Gasteiger partial charge in [-0.15, -0.1) is 11.3 Å². The third-order valence-electron chi connectivity index (χ3n) is 6.52. The molecule has 0 unspecified atom stereocenters. The topological polar surface area (TPSA) is 40.6 Å². The Morgan fingerprint density at radius 2 is 1.87 bits per heavy atom. The molecule has 160 valence electrons. The fraction of sp³-hybridized carbons (Fsp3) is 0.520. The molecule has 0 radical (unpaired) electrons. The maximum Gasteiger partial charge on any atom is 0.242 e. The minimum Gasteiger partial charge on any atom is -0.333 e. The number of aryl methyl sites for hydroxylation is 1. The van der Waals surface area contributed by atoms with Crippen molar-refractivity contribution in [1.82, 2.24) is 9.80 Å². The Morgan fingerprint density at radius 3 is 2.57 bits per heavy atom. The number of carbonyl (C=O) groups excluding carboxylic acids is 2. The maximum atomic E-state index is 13.5. The van der Waals surface area contributed by atoms with Crippen LogP contribution in [0.1, 0.15) is 66.6 Å². The molecule has 0 N–H and O–H groups in total. The van der Waals surface area contributed by atoms with Crippen LogP contribution in [0.15, 0.2) is 35.7 Å². The number of nitrogens with zero attached hydrogens (tertiary/aromatic N) is 2. The van der Waals surface area contributed by atoms with E-state index in [0.717, 1.165) is 44.1 Å². The third kappa shape index (κ3) is 4.31. The molecule has 1 fully saturated rings. The largest absolute Gasteiger partial charge is 0.333 e. The van der Waals surface area contributed by atoms with Crippen LogP contribution in [0.3, 0.4) is 0 Å². The summed E-state index contributed by atoms with van der Waals surface area (Å²) in [7, 11) is 0. The molecule has 1 saturated carbocycles. The first-order valence-electron chi connectivity index (χ1n) is 11.3. The first kappa shape index (κ1) is 21.1. The van der Waals surface area contributed by atoms with E-state index in [1.54, 1.807) is 11.3 Å². The minimum absolute atomic E-state index is 0.0573. The van der Waals surface area contributed by atoms with Crippen molar-refractivity contribution in [2.45, 2.75) is 58.4 Å². The van der Waals surface area contributed by atoms with Gasteiger partial charge in [-0.2, -0.15) is 0 Å². The number of rotatable bonds is 6. The van der Waals surface area contributed by atoms with Crippen molar-refractivity contribution >= 4 is 23.2 Å². The molecule has 0 spiro atoms. The van der Waals surface area contributed by atoms with Crippen LogP contribution in [-0.2, 0) is 16.0 Å². The van der Waals surface area contributed by atoms with Gasteiger partial charge in [0, 0.05) is 23.9 Å². The average molecular weight is 425 g/mol. The van der Waals surface area contributed by atoms with Crippen molar-refractivity contribution in [1.29, 1.82) is 0 Å². The molecule has 1 atom stereocenters. The first-order valence-corrected chi connectivity index (χ1v) is 12.2. The maximum absolute atomic E-state index is 13.5. The van der Waals surface area contributed by atoms with Gasteiger partial charge in [0.25, 0.3) is 0 Å². The van der Waals surface area contributed by atoms with E-state index in [0.29, 0.717) is 13.1 Å². The van der Waals surface area contributed by atoms with Gasteiger partial charge >= 0.3 is 0 Å². The predicted octanol–water partition coefficient (Wildman–Crippen LogP) is 4.96. The van der Waals surface area contributed by atoms with Crippen molar-refractivity contribution in [2.24, 2.45) is 5.92 Å². The van der Waals surface area contributed by atoms with Gasteiger partial charge in [-0.25, -0.2) is 0 Å². The summed E-state index contributed by atoms with van der Waals surface area (Å²) in [5.41, 5.74) is 3.61. The summed E-state index contributed by atoms with van der Waals surface area (Å²) in [6.45, 7) is 5.73. The molecule has 4 rings (SSSR count). The zero-order chi connectivity index (χ0) is 21.1. The quantitative estimate of drug-likeness (QED) is 0.658. The van der Waals surface area contributed by atoms with E-state index in [2.05, 4.69) is 49.6 Å². The number of hydrogen-bond acceptors (Lipinski definition) is 3. The monoisotopic (exact) mass is 424 g/mol. The number of amides is 2. The Labute approximate surface area is 183 Å². The molecule has 2 amide bonds. The lowest BCUT2D eigenvalue weighted by Crippen LogP contribution is -2.48. The lowest BCUT2D eigenvalue weighted by Gasteiger charge is -2.38. The molecule has 2 aliphatic rings. The van der Waals surface area contributed by atoms with Crippen LogP contribution in [0.2, 0.25) is 0 Å². The van der Waals surface area contributed by atoms with Gasteiger partial charge in [0.1, 0.15) is 0 Å². The second kappa shape index (κ2) is 9.34. The smallest absolute Gasteiger partial charge is 0.242 e. The SMILES string of the molecule is CCCN(CC(=O)N1CCc2sccc2[C@H]1c1ccc(C)cc1)C(=O)C1CCCC1. The molecule has 2 aromatic rings. The van der Waals surface area contributed by atoms with Crippen LogP contribution < -0.4 is 0 Å². The van der Waals surface area contributed by atoms with Crippen LogP contribution in [0, 0.1) is 12.8 Å². The second-order valence-electron chi connectivity index (χ2n) is 8.69. The van der Waals surface area contributed by atoms with Gasteiger partial charge in [-0.05, 0) is 55.2 Å². The van der Waals surface area contributed by atoms with Crippen molar-refractivity contribution < 1.29 is 9.59 Å². The van der Waals surface area contributed by atoms with Crippen LogP contribution >= 0.6 is 11.3 Å². The highest BCUT2D eigenvalue weighted by Gasteiger charge is 2.35. The lowest BCUT2D eigenvalue weighted by atomic mass is 9.92. The number of carbonyl (C=O) groups is 2. The van der Waals surface area contributed by atoms with E-state index in [4.69, 9.17) is 0 Å². The molecule has 1 aliphatic carbocycles. The summed E-state index contributed by atoms with van der Waals surface area (Å²) in [5, 5.41) is 2.13. The Hall–Kier alpha value is -2.14. The van der Waals surface area contributed by atoms with Gasteiger partial charge in [0.15, 0.2) is 0 Å². The highest BCUT2D eigenvalue weighted by atomic mass is 32.1. The highest BCUT2D eigenvalue weighted by molar-refractivity contribution is 7.10. The molecule has 1 aromatic heterocycles. The molecule has 5 heteroatoms. The Kier molecular flexibility index (Phi) is 6.57. The van der Waals surface area contributed by atoms with Crippen LogP contribution in [-0.4, -0.2) is 41.2 Å². The fourth-order valence-electron chi connectivity index (χ4n) is 4.92. The molecule has 4 nitrogen and oxygen atoms in total. The van der Waals surface area contributed by atoms with Crippen LogP contribution in [0.5, 0.6) is 0 Å².